The van der Waals surface area contributed by atoms with Crippen LogP contribution in [0.4, 0.5) is 11.4 Å². The zero-order valence-electron chi connectivity index (χ0n) is 15.9. The number of thiazole rings is 1. The number of carbonyl (C=O) groups excluding carboxylic acids is 1. The number of hydrogen-bond donors (Lipinski definition) is 1. The van der Waals surface area contributed by atoms with E-state index in [0.717, 1.165) is 10.6 Å². The molecule has 0 spiro atoms. The standard InChI is InChI=1S/C21H17N5O3S/c1-25-11-9-22-20(25)19(27)15-7-8-16(17(13-15)26(28)29)24-18(21-23-10-12-30-21)14-5-3-2-4-6-14/h2-13,18,24H,1H3. The monoisotopic (exact) mass is 419 g/mol. The van der Waals surface area contributed by atoms with E-state index in [-0.39, 0.29) is 28.9 Å². The SMILES string of the molecule is Cn1ccnc1C(=O)c1ccc(NC(c2ccccc2)c2nccs2)c([N+](=O)[O-])c1. The van der Waals surface area contributed by atoms with Crippen LogP contribution in [0.1, 0.15) is 32.8 Å². The molecule has 0 radical (unpaired) electrons. The molecule has 2 aromatic carbocycles. The van der Waals surface area contributed by atoms with E-state index in [0.29, 0.717) is 5.69 Å². The number of anilines is 1. The summed E-state index contributed by atoms with van der Waals surface area (Å²) in [6.45, 7) is 0. The second-order valence-corrected chi connectivity index (χ2v) is 7.46. The number of carbonyl (C=O) groups is 1. The molecular weight excluding hydrogens is 402 g/mol. The van der Waals surface area contributed by atoms with Gasteiger partial charge in [0.1, 0.15) is 16.7 Å². The molecule has 150 valence electrons. The van der Waals surface area contributed by atoms with Gasteiger partial charge in [0.2, 0.25) is 5.78 Å². The van der Waals surface area contributed by atoms with Gasteiger partial charge in [-0.2, -0.15) is 0 Å². The first-order valence-corrected chi connectivity index (χ1v) is 9.94. The largest absolute Gasteiger partial charge is 0.366 e. The maximum atomic E-state index is 12.7. The van der Waals surface area contributed by atoms with Gasteiger partial charge in [-0.3, -0.25) is 14.9 Å². The normalized spacial score (nSPS) is 11.8. The third-order valence-electron chi connectivity index (χ3n) is 4.61. The lowest BCUT2D eigenvalue weighted by atomic mass is 10.0. The van der Waals surface area contributed by atoms with Crippen LogP contribution in [-0.4, -0.2) is 25.2 Å². The lowest BCUT2D eigenvalue weighted by Crippen LogP contribution is -2.14. The van der Waals surface area contributed by atoms with E-state index in [1.807, 2.05) is 35.7 Å². The highest BCUT2D eigenvalue weighted by Gasteiger charge is 2.24. The van der Waals surface area contributed by atoms with Gasteiger partial charge in [-0.15, -0.1) is 11.3 Å². The molecule has 0 aliphatic carbocycles. The van der Waals surface area contributed by atoms with E-state index in [9.17, 15) is 14.9 Å². The first-order chi connectivity index (χ1) is 14.5. The number of benzene rings is 2. The molecule has 4 rings (SSSR count). The predicted molar refractivity (Wildman–Crippen MR) is 114 cm³/mol. The van der Waals surface area contributed by atoms with Crippen LogP contribution in [-0.2, 0) is 7.05 Å². The Morgan fingerprint density at radius 1 is 1.17 bits per heavy atom. The van der Waals surface area contributed by atoms with Crippen LogP contribution in [0.5, 0.6) is 0 Å². The van der Waals surface area contributed by atoms with Gasteiger partial charge in [0.25, 0.3) is 5.69 Å². The van der Waals surface area contributed by atoms with Gasteiger partial charge in [0, 0.05) is 42.6 Å². The second kappa shape index (κ2) is 8.26. The lowest BCUT2D eigenvalue weighted by Gasteiger charge is -2.18. The molecule has 0 fully saturated rings. The highest BCUT2D eigenvalue weighted by Crippen LogP contribution is 2.33. The van der Waals surface area contributed by atoms with Crippen molar-refractivity contribution >= 4 is 28.5 Å². The summed E-state index contributed by atoms with van der Waals surface area (Å²) >= 11 is 1.46. The summed E-state index contributed by atoms with van der Waals surface area (Å²) in [5.74, 6) is -0.161. The zero-order valence-corrected chi connectivity index (χ0v) is 16.7. The minimum Gasteiger partial charge on any atom is -0.366 e. The fourth-order valence-electron chi connectivity index (χ4n) is 3.13. The van der Waals surface area contributed by atoms with E-state index >= 15 is 0 Å². The Labute approximate surface area is 176 Å². The molecule has 0 aliphatic rings. The summed E-state index contributed by atoms with van der Waals surface area (Å²) in [7, 11) is 1.70. The van der Waals surface area contributed by atoms with E-state index in [1.165, 1.54) is 23.6 Å². The van der Waals surface area contributed by atoms with Gasteiger partial charge in [-0.25, -0.2) is 9.97 Å². The van der Waals surface area contributed by atoms with Crippen molar-refractivity contribution < 1.29 is 9.72 Å². The van der Waals surface area contributed by atoms with Gasteiger partial charge >= 0.3 is 0 Å². The number of nitro groups is 1. The topological polar surface area (TPSA) is 103 Å². The quantitative estimate of drug-likeness (QED) is 0.273. The summed E-state index contributed by atoms with van der Waals surface area (Å²) in [4.78, 5) is 32.4. The summed E-state index contributed by atoms with van der Waals surface area (Å²) in [6.07, 6.45) is 4.85. The molecular formula is C21H17N5O3S. The second-order valence-electron chi connectivity index (χ2n) is 6.54. The van der Waals surface area contributed by atoms with Gasteiger partial charge in [0.15, 0.2) is 5.82 Å². The number of hydrogen-bond acceptors (Lipinski definition) is 7. The van der Waals surface area contributed by atoms with Crippen molar-refractivity contribution in [3.05, 3.63) is 105 Å². The number of aromatic nitrogens is 3. The Morgan fingerprint density at radius 3 is 2.60 bits per heavy atom. The van der Waals surface area contributed by atoms with Gasteiger partial charge in [-0.1, -0.05) is 30.3 Å². The van der Waals surface area contributed by atoms with Crippen LogP contribution in [0.3, 0.4) is 0 Å². The Morgan fingerprint density at radius 2 is 1.97 bits per heavy atom. The zero-order chi connectivity index (χ0) is 21.1. The minimum absolute atomic E-state index is 0.187. The van der Waals surface area contributed by atoms with Crippen molar-refractivity contribution in [1.82, 2.24) is 14.5 Å². The summed E-state index contributed by atoms with van der Waals surface area (Å²) < 4.78 is 1.58. The van der Waals surface area contributed by atoms with Crippen molar-refractivity contribution in [1.29, 1.82) is 0 Å². The molecule has 0 saturated heterocycles. The van der Waals surface area contributed by atoms with Crippen LogP contribution in [0.25, 0.3) is 0 Å². The van der Waals surface area contributed by atoms with Crippen LogP contribution >= 0.6 is 11.3 Å². The number of aryl methyl sites for hydroxylation is 1. The Hall–Kier alpha value is -3.85. The van der Waals surface area contributed by atoms with Gasteiger partial charge in [-0.05, 0) is 17.7 Å². The first kappa shape index (κ1) is 19.5. The van der Waals surface area contributed by atoms with E-state index in [4.69, 9.17) is 0 Å². The van der Waals surface area contributed by atoms with Crippen molar-refractivity contribution in [2.24, 2.45) is 7.05 Å². The lowest BCUT2D eigenvalue weighted by molar-refractivity contribution is -0.384. The Kier molecular flexibility index (Phi) is 5.36. The summed E-state index contributed by atoms with van der Waals surface area (Å²) in [5, 5.41) is 17.6. The van der Waals surface area contributed by atoms with E-state index in [1.54, 1.807) is 36.1 Å². The number of nitro benzene ring substituents is 1. The number of rotatable bonds is 7. The molecule has 2 aromatic heterocycles. The highest BCUT2D eigenvalue weighted by molar-refractivity contribution is 7.09. The van der Waals surface area contributed by atoms with Crippen molar-refractivity contribution in [3.8, 4) is 0 Å². The van der Waals surface area contributed by atoms with Crippen LogP contribution in [0.15, 0.2) is 72.5 Å². The first-order valence-electron chi connectivity index (χ1n) is 9.06. The van der Waals surface area contributed by atoms with Crippen LogP contribution in [0.2, 0.25) is 0 Å². The van der Waals surface area contributed by atoms with Gasteiger partial charge < -0.3 is 9.88 Å². The minimum atomic E-state index is -0.499. The molecule has 8 nitrogen and oxygen atoms in total. The van der Waals surface area contributed by atoms with Crippen molar-refractivity contribution in [2.45, 2.75) is 6.04 Å². The summed E-state index contributed by atoms with van der Waals surface area (Å²) in [5.41, 5.74) is 1.25. The highest BCUT2D eigenvalue weighted by atomic mass is 32.1. The molecule has 4 aromatic rings. The summed E-state index contributed by atoms with van der Waals surface area (Å²) in [6, 6.07) is 13.6. The number of nitrogens with zero attached hydrogens (tertiary/aromatic N) is 4. The number of ketones is 1. The molecule has 1 unspecified atom stereocenters. The van der Waals surface area contributed by atoms with Crippen LogP contribution < -0.4 is 5.32 Å². The van der Waals surface area contributed by atoms with E-state index in [2.05, 4.69) is 15.3 Å². The molecule has 9 heteroatoms. The Bertz CT molecular complexity index is 1190. The van der Waals surface area contributed by atoms with E-state index < -0.39 is 4.92 Å². The predicted octanol–water partition coefficient (Wildman–Crippen LogP) is 4.22. The smallest absolute Gasteiger partial charge is 0.293 e. The van der Waals surface area contributed by atoms with Crippen LogP contribution in [0, 0.1) is 10.1 Å². The molecule has 0 amide bonds. The molecule has 0 aliphatic heterocycles. The molecule has 0 bridgehead atoms. The van der Waals surface area contributed by atoms with Gasteiger partial charge in [0.05, 0.1) is 4.92 Å². The molecule has 2 heterocycles. The molecule has 30 heavy (non-hydrogen) atoms. The maximum Gasteiger partial charge on any atom is 0.293 e. The number of nitrogens with one attached hydrogen (secondary N) is 1. The molecule has 0 saturated carbocycles. The fourth-order valence-corrected chi connectivity index (χ4v) is 3.84. The third kappa shape index (κ3) is 3.83. The maximum absolute atomic E-state index is 12.7. The Balaban J connectivity index is 1.72. The fraction of sp³-hybridized carbons (Fsp3) is 0.0952. The number of imidazole rings is 1. The average Bonchev–Trinajstić information content (AvgIpc) is 3.44. The van der Waals surface area contributed by atoms with Crippen molar-refractivity contribution in [3.63, 3.8) is 0 Å². The molecule has 1 N–H and O–H groups in total. The van der Waals surface area contributed by atoms with Crippen molar-refractivity contribution in [2.75, 3.05) is 5.32 Å². The average molecular weight is 419 g/mol. The third-order valence-corrected chi connectivity index (χ3v) is 5.45. The molecule has 1 atom stereocenters.